The molecule has 0 N–H and O–H groups in total. The van der Waals surface area contributed by atoms with Crippen molar-refractivity contribution in [3.8, 4) is 0 Å². The third kappa shape index (κ3) is 3.20. The molecule has 0 heterocycles. The van der Waals surface area contributed by atoms with Gasteiger partial charge in [-0.25, -0.2) is 0 Å². The maximum Gasteiger partial charge on any atom is 0.156 e. The van der Waals surface area contributed by atoms with Crippen LogP contribution in [0.25, 0.3) is 0 Å². The number of carbonyl (C=O) groups is 1. The summed E-state index contributed by atoms with van der Waals surface area (Å²) >= 11 is 0. The normalized spacial score (nSPS) is 37.8. The van der Waals surface area contributed by atoms with Crippen LogP contribution in [0.2, 0.25) is 0 Å². The van der Waals surface area contributed by atoms with Crippen molar-refractivity contribution >= 4 is 5.78 Å². The average molecular weight is 234 g/mol. The van der Waals surface area contributed by atoms with Crippen LogP contribution < -0.4 is 0 Å². The van der Waals surface area contributed by atoms with Crippen molar-refractivity contribution in [1.29, 1.82) is 0 Å². The summed E-state index contributed by atoms with van der Waals surface area (Å²) in [5.41, 5.74) is 1.63. The fourth-order valence-electron chi connectivity index (χ4n) is 3.91. The SMILES string of the molecule is CC1CC(C)CC(C2=CC(=O)CC(C)(C)C2)C1. The van der Waals surface area contributed by atoms with Gasteiger partial charge in [-0.15, -0.1) is 0 Å². The Hall–Kier alpha value is -0.590. The van der Waals surface area contributed by atoms with Gasteiger partial charge in [-0.3, -0.25) is 4.79 Å². The Morgan fingerprint density at radius 1 is 1.06 bits per heavy atom. The first kappa shape index (κ1) is 12.9. The van der Waals surface area contributed by atoms with Crippen molar-refractivity contribution in [2.24, 2.45) is 23.2 Å². The summed E-state index contributed by atoms with van der Waals surface area (Å²) in [6.45, 7) is 9.18. The van der Waals surface area contributed by atoms with Gasteiger partial charge in [-0.2, -0.15) is 0 Å². The number of hydrogen-bond acceptors (Lipinski definition) is 1. The molecule has 1 fully saturated rings. The minimum atomic E-state index is 0.186. The van der Waals surface area contributed by atoms with Gasteiger partial charge < -0.3 is 0 Å². The quantitative estimate of drug-likeness (QED) is 0.658. The van der Waals surface area contributed by atoms with Gasteiger partial charge in [-0.05, 0) is 54.9 Å². The van der Waals surface area contributed by atoms with Crippen LogP contribution in [0, 0.1) is 23.2 Å². The first-order valence-electron chi connectivity index (χ1n) is 7.09. The highest BCUT2D eigenvalue weighted by Crippen LogP contribution is 2.43. The number of ketones is 1. The zero-order valence-corrected chi connectivity index (χ0v) is 11.8. The molecule has 96 valence electrons. The molecule has 0 aromatic rings. The molecule has 2 unspecified atom stereocenters. The van der Waals surface area contributed by atoms with E-state index < -0.39 is 0 Å². The molecule has 1 heteroatoms. The molecular formula is C16H26O. The molecule has 1 nitrogen and oxygen atoms in total. The maximum atomic E-state index is 11.8. The molecule has 0 aromatic carbocycles. The minimum absolute atomic E-state index is 0.186. The lowest BCUT2D eigenvalue weighted by molar-refractivity contribution is -0.117. The molecule has 0 radical (unpaired) electrons. The summed E-state index contributed by atoms with van der Waals surface area (Å²) in [6.07, 6.45) is 7.78. The van der Waals surface area contributed by atoms with Gasteiger partial charge in [0.15, 0.2) is 5.78 Å². The molecular weight excluding hydrogens is 208 g/mol. The second kappa shape index (κ2) is 4.59. The summed E-state index contributed by atoms with van der Waals surface area (Å²) in [5.74, 6) is 2.67. The zero-order valence-electron chi connectivity index (χ0n) is 11.8. The van der Waals surface area contributed by atoms with Gasteiger partial charge in [-0.1, -0.05) is 33.3 Å². The van der Waals surface area contributed by atoms with Crippen molar-refractivity contribution in [2.75, 3.05) is 0 Å². The van der Waals surface area contributed by atoms with E-state index in [9.17, 15) is 4.79 Å². The maximum absolute atomic E-state index is 11.8. The lowest BCUT2D eigenvalue weighted by atomic mass is 9.67. The third-order valence-corrected chi connectivity index (χ3v) is 4.38. The molecule has 0 amide bonds. The van der Waals surface area contributed by atoms with E-state index in [4.69, 9.17) is 0 Å². The van der Waals surface area contributed by atoms with Crippen LogP contribution in [-0.2, 0) is 4.79 Å². The smallest absolute Gasteiger partial charge is 0.156 e. The predicted octanol–water partition coefficient (Wildman–Crippen LogP) is 4.37. The molecule has 1 saturated carbocycles. The van der Waals surface area contributed by atoms with E-state index >= 15 is 0 Å². The van der Waals surface area contributed by atoms with Crippen LogP contribution in [0.3, 0.4) is 0 Å². The van der Waals surface area contributed by atoms with Crippen LogP contribution >= 0.6 is 0 Å². The van der Waals surface area contributed by atoms with E-state index in [0.29, 0.717) is 11.7 Å². The van der Waals surface area contributed by atoms with Crippen molar-refractivity contribution in [1.82, 2.24) is 0 Å². The Balaban J connectivity index is 2.13. The van der Waals surface area contributed by atoms with Gasteiger partial charge >= 0.3 is 0 Å². The van der Waals surface area contributed by atoms with Crippen molar-refractivity contribution < 1.29 is 4.79 Å². The molecule has 2 rings (SSSR count). The summed E-state index contributed by atoms with van der Waals surface area (Å²) < 4.78 is 0. The Labute approximate surface area is 106 Å². The van der Waals surface area contributed by atoms with E-state index in [1.807, 2.05) is 6.08 Å². The van der Waals surface area contributed by atoms with Gasteiger partial charge in [0.05, 0.1) is 0 Å². The summed E-state index contributed by atoms with van der Waals surface area (Å²) in [7, 11) is 0. The van der Waals surface area contributed by atoms with Crippen molar-refractivity contribution in [2.45, 2.75) is 59.8 Å². The number of carbonyl (C=O) groups excluding carboxylic acids is 1. The average Bonchev–Trinajstić information content (AvgIpc) is 2.12. The zero-order chi connectivity index (χ0) is 12.6. The molecule has 2 atom stereocenters. The number of rotatable bonds is 1. The van der Waals surface area contributed by atoms with Crippen molar-refractivity contribution in [3.63, 3.8) is 0 Å². The number of hydrogen-bond donors (Lipinski definition) is 0. The Bertz CT molecular complexity index is 327. The highest BCUT2D eigenvalue weighted by molar-refractivity contribution is 5.91. The number of allylic oxidation sites excluding steroid dienone is 2. The first-order valence-corrected chi connectivity index (χ1v) is 7.09. The molecule has 0 saturated heterocycles. The lowest BCUT2D eigenvalue weighted by Gasteiger charge is -2.37. The molecule has 0 bridgehead atoms. The monoisotopic (exact) mass is 234 g/mol. The minimum Gasteiger partial charge on any atom is -0.295 e. The van der Waals surface area contributed by atoms with E-state index in [-0.39, 0.29) is 5.41 Å². The molecule has 17 heavy (non-hydrogen) atoms. The molecule has 0 spiro atoms. The van der Waals surface area contributed by atoms with Crippen LogP contribution in [-0.4, -0.2) is 5.78 Å². The molecule has 2 aliphatic carbocycles. The van der Waals surface area contributed by atoms with Gasteiger partial charge in [0.2, 0.25) is 0 Å². The highest BCUT2D eigenvalue weighted by Gasteiger charge is 2.33. The fraction of sp³-hybridized carbons (Fsp3) is 0.812. The summed E-state index contributed by atoms with van der Waals surface area (Å²) in [5, 5.41) is 0. The van der Waals surface area contributed by atoms with E-state index in [0.717, 1.165) is 24.7 Å². The van der Waals surface area contributed by atoms with E-state index in [1.54, 1.807) is 0 Å². The van der Waals surface area contributed by atoms with Gasteiger partial charge in [0, 0.05) is 6.42 Å². The second-order valence-electron chi connectivity index (χ2n) is 7.32. The van der Waals surface area contributed by atoms with E-state index in [1.165, 1.54) is 24.8 Å². The summed E-state index contributed by atoms with van der Waals surface area (Å²) in [4.78, 5) is 11.8. The third-order valence-electron chi connectivity index (χ3n) is 4.38. The van der Waals surface area contributed by atoms with Crippen LogP contribution in [0.1, 0.15) is 59.8 Å². The van der Waals surface area contributed by atoms with Gasteiger partial charge in [0.1, 0.15) is 0 Å². The predicted molar refractivity (Wildman–Crippen MR) is 71.8 cm³/mol. The Morgan fingerprint density at radius 2 is 1.65 bits per heavy atom. The highest BCUT2D eigenvalue weighted by atomic mass is 16.1. The van der Waals surface area contributed by atoms with Crippen LogP contribution in [0.5, 0.6) is 0 Å². The van der Waals surface area contributed by atoms with Crippen molar-refractivity contribution in [3.05, 3.63) is 11.6 Å². The standard InChI is InChI=1S/C16H26O/c1-11-5-12(2)7-13(6-11)14-8-15(17)10-16(3,4)9-14/h8,11-13H,5-7,9-10H2,1-4H3. The lowest BCUT2D eigenvalue weighted by Crippen LogP contribution is -2.28. The fourth-order valence-corrected chi connectivity index (χ4v) is 3.91. The second-order valence-corrected chi connectivity index (χ2v) is 7.32. The molecule has 0 aromatic heterocycles. The topological polar surface area (TPSA) is 17.1 Å². The van der Waals surface area contributed by atoms with Crippen LogP contribution in [0.4, 0.5) is 0 Å². The molecule has 2 aliphatic rings. The van der Waals surface area contributed by atoms with Gasteiger partial charge in [0.25, 0.3) is 0 Å². The first-order chi connectivity index (χ1) is 7.85. The molecule has 0 aliphatic heterocycles. The Kier molecular flexibility index (Phi) is 3.47. The summed E-state index contributed by atoms with van der Waals surface area (Å²) in [6, 6.07) is 0. The Morgan fingerprint density at radius 3 is 2.18 bits per heavy atom. The largest absolute Gasteiger partial charge is 0.295 e. The van der Waals surface area contributed by atoms with Crippen LogP contribution in [0.15, 0.2) is 11.6 Å². The van der Waals surface area contributed by atoms with E-state index in [2.05, 4.69) is 27.7 Å².